The maximum atomic E-state index is 12.7. The number of carbonyl (C=O) groups excluding carboxylic acids is 2. The highest BCUT2D eigenvalue weighted by molar-refractivity contribution is 5.98. The van der Waals surface area contributed by atoms with E-state index in [2.05, 4.69) is 0 Å². The maximum Gasteiger partial charge on any atom is 0.265 e. The molecule has 0 unspecified atom stereocenters. The zero-order valence-corrected chi connectivity index (χ0v) is 14.7. The van der Waals surface area contributed by atoms with Gasteiger partial charge in [-0.3, -0.25) is 9.59 Å². The number of hydrogen-bond donors (Lipinski definition) is 0. The van der Waals surface area contributed by atoms with Crippen LogP contribution in [0.3, 0.4) is 0 Å². The fraction of sp³-hybridized carbons (Fsp3) is 0.600. The summed E-state index contributed by atoms with van der Waals surface area (Å²) in [6.07, 6.45) is 6.80. The van der Waals surface area contributed by atoms with Crippen molar-refractivity contribution in [1.29, 1.82) is 0 Å². The molecule has 5 nitrogen and oxygen atoms in total. The maximum absolute atomic E-state index is 12.7. The van der Waals surface area contributed by atoms with Crippen LogP contribution < -0.4 is 9.64 Å². The van der Waals surface area contributed by atoms with Crippen molar-refractivity contribution < 1.29 is 14.3 Å². The quantitative estimate of drug-likeness (QED) is 0.849. The predicted molar refractivity (Wildman–Crippen MR) is 95.6 cm³/mol. The standard InChI is InChI=1S/C20H26N2O3/c23-19(21-11-9-15-5-1-2-6-16(15)13-21)10-12-22-17-7-3-4-8-18(17)25-14-20(22)24/h3-4,7-8,15-16H,1-2,5-6,9-14H2/t15-,16+/m1/s1. The Hall–Kier alpha value is -2.04. The average molecular weight is 342 g/mol. The van der Waals surface area contributed by atoms with E-state index in [-0.39, 0.29) is 18.4 Å². The van der Waals surface area contributed by atoms with E-state index in [0.29, 0.717) is 18.9 Å². The monoisotopic (exact) mass is 342 g/mol. The van der Waals surface area contributed by atoms with E-state index in [9.17, 15) is 9.59 Å². The van der Waals surface area contributed by atoms with Gasteiger partial charge in [-0.25, -0.2) is 0 Å². The van der Waals surface area contributed by atoms with Gasteiger partial charge in [0.05, 0.1) is 5.69 Å². The van der Waals surface area contributed by atoms with Crippen LogP contribution in [0.1, 0.15) is 38.5 Å². The molecule has 0 aromatic heterocycles. The Morgan fingerprint density at radius 3 is 2.80 bits per heavy atom. The molecule has 1 saturated carbocycles. The third-order valence-electron chi connectivity index (χ3n) is 6.00. The summed E-state index contributed by atoms with van der Waals surface area (Å²) in [4.78, 5) is 28.6. The van der Waals surface area contributed by atoms with E-state index >= 15 is 0 Å². The molecule has 1 aromatic rings. The second-order valence-electron chi connectivity index (χ2n) is 7.48. The lowest BCUT2D eigenvalue weighted by molar-refractivity contribution is -0.134. The van der Waals surface area contributed by atoms with Crippen molar-refractivity contribution >= 4 is 17.5 Å². The molecule has 1 aromatic carbocycles. The highest BCUT2D eigenvalue weighted by Gasteiger charge is 2.33. The fourth-order valence-corrected chi connectivity index (χ4v) is 4.59. The van der Waals surface area contributed by atoms with E-state index in [0.717, 1.165) is 36.9 Å². The van der Waals surface area contributed by atoms with Gasteiger partial charge >= 0.3 is 0 Å². The first-order valence-corrected chi connectivity index (χ1v) is 9.52. The minimum absolute atomic E-state index is 0.0542. The van der Waals surface area contributed by atoms with Gasteiger partial charge in [-0.2, -0.15) is 0 Å². The lowest BCUT2D eigenvalue weighted by Gasteiger charge is -2.41. The van der Waals surface area contributed by atoms with Crippen molar-refractivity contribution in [3.05, 3.63) is 24.3 Å². The molecular weight excluding hydrogens is 316 g/mol. The Morgan fingerprint density at radius 1 is 1.12 bits per heavy atom. The molecule has 1 saturated heterocycles. The molecule has 3 aliphatic rings. The number of amides is 2. The second-order valence-corrected chi connectivity index (χ2v) is 7.48. The lowest BCUT2D eigenvalue weighted by Crippen LogP contribution is -2.46. The lowest BCUT2D eigenvalue weighted by atomic mass is 9.75. The van der Waals surface area contributed by atoms with Crippen LogP contribution in [0.5, 0.6) is 5.75 Å². The largest absolute Gasteiger partial charge is 0.482 e. The number of para-hydroxylation sites is 2. The molecule has 2 atom stereocenters. The third-order valence-corrected chi connectivity index (χ3v) is 6.00. The molecule has 2 aliphatic heterocycles. The molecular formula is C20H26N2O3. The number of ether oxygens (including phenoxy) is 1. The first-order valence-electron chi connectivity index (χ1n) is 9.52. The predicted octanol–water partition coefficient (Wildman–Crippen LogP) is 2.84. The number of likely N-dealkylation sites (tertiary alicyclic amines) is 1. The molecule has 2 amide bonds. The molecule has 25 heavy (non-hydrogen) atoms. The van der Waals surface area contributed by atoms with Gasteiger partial charge in [-0.15, -0.1) is 0 Å². The van der Waals surface area contributed by atoms with Gasteiger partial charge in [0, 0.05) is 26.1 Å². The smallest absolute Gasteiger partial charge is 0.265 e. The van der Waals surface area contributed by atoms with Gasteiger partial charge < -0.3 is 14.5 Å². The fourth-order valence-electron chi connectivity index (χ4n) is 4.59. The first-order chi connectivity index (χ1) is 12.2. The Bertz CT molecular complexity index is 660. The van der Waals surface area contributed by atoms with Gasteiger partial charge in [0.2, 0.25) is 5.91 Å². The summed E-state index contributed by atoms with van der Waals surface area (Å²) in [6.45, 7) is 2.28. The van der Waals surface area contributed by atoms with Crippen LogP contribution in [0.25, 0.3) is 0 Å². The number of benzene rings is 1. The molecule has 0 N–H and O–H groups in total. The third kappa shape index (κ3) is 3.37. The molecule has 4 rings (SSSR count). The number of piperidine rings is 1. The van der Waals surface area contributed by atoms with Gasteiger partial charge in [-0.1, -0.05) is 31.4 Å². The van der Waals surface area contributed by atoms with Crippen LogP contribution in [-0.2, 0) is 9.59 Å². The van der Waals surface area contributed by atoms with Crippen LogP contribution in [0.2, 0.25) is 0 Å². The SMILES string of the molecule is O=C(CCN1C(=O)COc2ccccc21)N1CC[C@H]2CCCC[C@H]2C1. The van der Waals surface area contributed by atoms with Gasteiger partial charge in [0.25, 0.3) is 5.91 Å². The topological polar surface area (TPSA) is 49.9 Å². The van der Waals surface area contributed by atoms with Gasteiger partial charge in [-0.05, 0) is 36.8 Å². The van der Waals surface area contributed by atoms with Crippen molar-refractivity contribution in [2.24, 2.45) is 11.8 Å². The molecule has 2 heterocycles. The summed E-state index contributed by atoms with van der Waals surface area (Å²) in [5.74, 6) is 2.35. The number of carbonyl (C=O) groups is 2. The Kier molecular flexibility index (Phi) is 4.64. The van der Waals surface area contributed by atoms with E-state index in [4.69, 9.17) is 4.74 Å². The number of anilines is 1. The van der Waals surface area contributed by atoms with Crippen molar-refractivity contribution in [1.82, 2.24) is 4.90 Å². The summed E-state index contributed by atoms with van der Waals surface area (Å²) < 4.78 is 5.46. The number of rotatable bonds is 3. The summed E-state index contributed by atoms with van der Waals surface area (Å²) in [6, 6.07) is 7.53. The molecule has 0 radical (unpaired) electrons. The van der Waals surface area contributed by atoms with Crippen LogP contribution in [0.15, 0.2) is 24.3 Å². The second kappa shape index (κ2) is 7.06. The van der Waals surface area contributed by atoms with Crippen molar-refractivity contribution in [3.8, 4) is 5.75 Å². The summed E-state index contributed by atoms with van der Waals surface area (Å²) in [7, 11) is 0. The summed E-state index contributed by atoms with van der Waals surface area (Å²) in [5.41, 5.74) is 0.775. The highest BCUT2D eigenvalue weighted by atomic mass is 16.5. The molecule has 0 bridgehead atoms. The average Bonchev–Trinajstić information content (AvgIpc) is 2.66. The number of hydrogen-bond acceptors (Lipinski definition) is 3. The minimum atomic E-state index is -0.0718. The Balaban J connectivity index is 1.37. The number of fused-ring (bicyclic) bond motifs is 2. The molecule has 134 valence electrons. The van der Waals surface area contributed by atoms with Crippen molar-refractivity contribution in [2.45, 2.75) is 38.5 Å². The minimum Gasteiger partial charge on any atom is -0.482 e. The zero-order chi connectivity index (χ0) is 17.2. The van der Waals surface area contributed by atoms with Crippen LogP contribution >= 0.6 is 0 Å². The van der Waals surface area contributed by atoms with Crippen LogP contribution in [0, 0.1) is 11.8 Å². The normalized spacial score (nSPS) is 25.8. The van der Waals surface area contributed by atoms with Gasteiger partial charge in [0.1, 0.15) is 5.75 Å². The highest BCUT2D eigenvalue weighted by Crippen LogP contribution is 2.36. The Labute approximate surface area is 148 Å². The van der Waals surface area contributed by atoms with Gasteiger partial charge in [0.15, 0.2) is 6.61 Å². The Morgan fingerprint density at radius 2 is 1.92 bits per heavy atom. The van der Waals surface area contributed by atoms with E-state index in [1.807, 2.05) is 29.2 Å². The van der Waals surface area contributed by atoms with Crippen molar-refractivity contribution in [2.75, 3.05) is 31.1 Å². The molecule has 5 heteroatoms. The molecule has 2 fully saturated rings. The first kappa shape index (κ1) is 16.4. The van der Waals surface area contributed by atoms with E-state index in [1.54, 1.807) is 4.90 Å². The van der Waals surface area contributed by atoms with E-state index in [1.165, 1.54) is 25.7 Å². The van der Waals surface area contributed by atoms with Crippen molar-refractivity contribution in [3.63, 3.8) is 0 Å². The van der Waals surface area contributed by atoms with Crippen LogP contribution in [-0.4, -0.2) is 43.0 Å². The molecule has 1 aliphatic carbocycles. The van der Waals surface area contributed by atoms with E-state index < -0.39 is 0 Å². The number of nitrogens with zero attached hydrogens (tertiary/aromatic N) is 2. The zero-order valence-electron chi connectivity index (χ0n) is 14.7. The van der Waals surface area contributed by atoms with Crippen LogP contribution in [0.4, 0.5) is 5.69 Å². The summed E-state index contributed by atoms with van der Waals surface area (Å²) >= 11 is 0. The summed E-state index contributed by atoms with van der Waals surface area (Å²) in [5, 5.41) is 0. The molecule has 0 spiro atoms.